The quantitative estimate of drug-likeness (QED) is 0.833. The molecule has 1 amide bonds. The normalized spacial score (nSPS) is 11.8. The predicted octanol–water partition coefficient (Wildman–Crippen LogP) is 4.42. The summed E-state index contributed by atoms with van der Waals surface area (Å²) in [5.74, 6) is 0.274. The lowest BCUT2D eigenvalue weighted by atomic mass is 10.2. The number of rotatable bonds is 4. The van der Waals surface area contributed by atoms with Crippen molar-refractivity contribution < 1.29 is 9.53 Å². The summed E-state index contributed by atoms with van der Waals surface area (Å²) in [6.45, 7) is 1.69. The molecule has 0 N–H and O–H groups in total. The molecule has 0 saturated carbocycles. The summed E-state index contributed by atoms with van der Waals surface area (Å²) < 4.78 is 5.62. The fourth-order valence-corrected chi connectivity index (χ4v) is 2.32. The summed E-state index contributed by atoms with van der Waals surface area (Å²) >= 11 is 11.9. The van der Waals surface area contributed by atoms with Crippen LogP contribution in [-0.4, -0.2) is 19.1 Å². The first-order valence-corrected chi connectivity index (χ1v) is 7.19. The Morgan fingerprint density at radius 1 is 1.14 bits per heavy atom. The Hall–Kier alpha value is -1.71. The van der Waals surface area contributed by atoms with E-state index >= 15 is 0 Å². The van der Waals surface area contributed by atoms with E-state index in [0.29, 0.717) is 15.8 Å². The highest BCUT2D eigenvalue weighted by Gasteiger charge is 2.21. The van der Waals surface area contributed by atoms with Gasteiger partial charge in [-0.2, -0.15) is 0 Å². The van der Waals surface area contributed by atoms with Crippen LogP contribution in [0.2, 0.25) is 10.0 Å². The minimum Gasteiger partial charge on any atom is -0.479 e. The van der Waals surface area contributed by atoms with Crippen molar-refractivity contribution in [2.24, 2.45) is 0 Å². The number of carbonyl (C=O) groups is 1. The van der Waals surface area contributed by atoms with Crippen LogP contribution in [0.25, 0.3) is 0 Å². The van der Waals surface area contributed by atoms with Crippen LogP contribution in [0.15, 0.2) is 48.5 Å². The standard InChI is InChI=1S/C16H15Cl2NO2/c1-11(21-15-9-8-12(17)10-14(15)18)16(20)19(2)13-6-4-3-5-7-13/h3-11H,1-2H3/t11-/m1/s1. The number of anilines is 1. The summed E-state index contributed by atoms with van der Waals surface area (Å²) in [6.07, 6.45) is -0.658. The molecule has 0 radical (unpaired) electrons. The summed E-state index contributed by atoms with van der Waals surface area (Å²) in [7, 11) is 1.71. The highest BCUT2D eigenvalue weighted by molar-refractivity contribution is 6.35. The third-order valence-electron chi connectivity index (χ3n) is 3.02. The van der Waals surface area contributed by atoms with Crippen LogP contribution in [-0.2, 0) is 4.79 Å². The van der Waals surface area contributed by atoms with E-state index in [2.05, 4.69) is 0 Å². The Labute approximate surface area is 134 Å². The van der Waals surface area contributed by atoms with Gasteiger partial charge in [-0.05, 0) is 37.3 Å². The fraction of sp³-hybridized carbons (Fsp3) is 0.188. The third kappa shape index (κ3) is 3.90. The van der Waals surface area contributed by atoms with E-state index < -0.39 is 6.10 Å². The van der Waals surface area contributed by atoms with Crippen LogP contribution >= 0.6 is 23.2 Å². The fourth-order valence-electron chi connectivity index (χ4n) is 1.86. The van der Waals surface area contributed by atoms with Crippen molar-refractivity contribution >= 4 is 34.8 Å². The summed E-state index contributed by atoms with van der Waals surface area (Å²) in [4.78, 5) is 13.9. The Morgan fingerprint density at radius 3 is 2.43 bits per heavy atom. The molecular formula is C16H15Cl2NO2. The first-order valence-electron chi connectivity index (χ1n) is 6.43. The van der Waals surface area contributed by atoms with Gasteiger partial charge < -0.3 is 9.64 Å². The molecule has 0 fully saturated rings. The Kier molecular flexibility index (Phi) is 5.10. The summed E-state index contributed by atoms with van der Waals surface area (Å²) in [5, 5.41) is 0.900. The molecule has 5 heteroatoms. The maximum absolute atomic E-state index is 12.4. The van der Waals surface area contributed by atoms with Crippen LogP contribution in [0.1, 0.15) is 6.92 Å². The zero-order valence-electron chi connectivity index (χ0n) is 11.7. The largest absolute Gasteiger partial charge is 0.479 e. The van der Waals surface area contributed by atoms with E-state index in [1.165, 1.54) is 0 Å². The number of ether oxygens (including phenoxy) is 1. The van der Waals surface area contributed by atoms with Crippen molar-refractivity contribution in [3.63, 3.8) is 0 Å². The van der Waals surface area contributed by atoms with E-state index in [0.717, 1.165) is 5.69 Å². The van der Waals surface area contributed by atoms with E-state index in [1.807, 2.05) is 30.3 Å². The van der Waals surface area contributed by atoms with E-state index in [1.54, 1.807) is 37.1 Å². The van der Waals surface area contributed by atoms with Gasteiger partial charge in [0.25, 0.3) is 5.91 Å². The molecule has 0 aliphatic carbocycles. The van der Waals surface area contributed by atoms with Gasteiger partial charge in [0.05, 0.1) is 5.02 Å². The van der Waals surface area contributed by atoms with Gasteiger partial charge in [0.1, 0.15) is 5.75 Å². The molecule has 0 spiro atoms. The third-order valence-corrected chi connectivity index (χ3v) is 3.55. The number of benzene rings is 2. The average molecular weight is 324 g/mol. The van der Waals surface area contributed by atoms with Gasteiger partial charge in [0.15, 0.2) is 6.10 Å². The Morgan fingerprint density at radius 2 is 1.81 bits per heavy atom. The molecule has 0 aliphatic rings. The van der Waals surface area contributed by atoms with Crippen LogP contribution in [0.5, 0.6) is 5.75 Å². The zero-order chi connectivity index (χ0) is 15.4. The van der Waals surface area contributed by atoms with Crippen LogP contribution in [0, 0.1) is 0 Å². The summed E-state index contributed by atoms with van der Waals surface area (Å²) in [5.41, 5.74) is 0.806. The number of para-hydroxylation sites is 1. The molecule has 0 bridgehead atoms. The molecule has 2 aromatic rings. The molecule has 2 aromatic carbocycles. The highest BCUT2D eigenvalue weighted by atomic mass is 35.5. The van der Waals surface area contributed by atoms with Gasteiger partial charge in [0, 0.05) is 17.8 Å². The van der Waals surface area contributed by atoms with Gasteiger partial charge in [-0.15, -0.1) is 0 Å². The minimum atomic E-state index is -0.658. The van der Waals surface area contributed by atoms with Crippen molar-refractivity contribution in [2.45, 2.75) is 13.0 Å². The second-order valence-electron chi connectivity index (χ2n) is 4.57. The van der Waals surface area contributed by atoms with Crippen molar-refractivity contribution in [3.8, 4) is 5.75 Å². The van der Waals surface area contributed by atoms with Gasteiger partial charge in [-0.3, -0.25) is 4.79 Å². The maximum Gasteiger partial charge on any atom is 0.267 e. The number of carbonyl (C=O) groups excluding carboxylic acids is 1. The highest BCUT2D eigenvalue weighted by Crippen LogP contribution is 2.28. The molecule has 21 heavy (non-hydrogen) atoms. The van der Waals surface area contributed by atoms with Crippen molar-refractivity contribution in [1.29, 1.82) is 0 Å². The number of nitrogens with zero attached hydrogens (tertiary/aromatic N) is 1. The average Bonchev–Trinajstić information content (AvgIpc) is 2.49. The molecule has 0 unspecified atom stereocenters. The number of hydrogen-bond donors (Lipinski definition) is 0. The number of hydrogen-bond acceptors (Lipinski definition) is 2. The molecule has 0 saturated heterocycles. The first-order chi connectivity index (χ1) is 9.99. The summed E-state index contributed by atoms with van der Waals surface area (Å²) in [6, 6.07) is 14.3. The van der Waals surface area contributed by atoms with Gasteiger partial charge >= 0.3 is 0 Å². The molecule has 3 nitrogen and oxygen atoms in total. The monoisotopic (exact) mass is 323 g/mol. The Bertz CT molecular complexity index is 631. The number of halogens is 2. The number of likely N-dealkylation sites (N-methyl/N-ethyl adjacent to an activating group) is 1. The second-order valence-corrected chi connectivity index (χ2v) is 5.41. The van der Waals surface area contributed by atoms with Crippen LogP contribution in [0.4, 0.5) is 5.69 Å². The first kappa shape index (κ1) is 15.7. The zero-order valence-corrected chi connectivity index (χ0v) is 13.2. The van der Waals surface area contributed by atoms with E-state index in [9.17, 15) is 4.79 Å². The van der Waals surface area contributed by atoms with Crippen molar-refractivity contribution in [2.75, 3.05) is 11.9 Å². The molecular weight excluding hydrogens is 309 g/mol. The van der Waals surface area contributed by atoms with Gasteiger partial charge in [0.2, 0.25) is 0 Å². The molecule has 110 valence electrons. The van der Waals surface area contributed by atoms with Gasteiger partial charge in [-0.25, -0.2) is 0 Å². The lowest BCUT2D eigenvalue weighted by Gasteiger charge is -2.22. The molecule has 2 rings (SSSR count). The minimum absolute atomic E-state index is 0.160. The SMILES string of the molecule is C[C@@H](Oc1ccc(Cl)cc1Cl)C(=O)N(C)c1ccccc1. The van der Waals surface area contributed by atoms with Crippen LogP contribution < -0.4 is 9.64 Å². The lowest BCUT2D eigenvalue weighted by Crippen LogP contribution is -2.38. The smallest absolute Gasteiger partial charge is 0.267 e. The van der Waals surface area contributed by atoms with Crippen molar-refractivity contribution in [3.05, 3.63) is 58.6 Å². The molecule has 0 heterocycles. The predicted molar refractivity (Wildman–Crippen MR) is 86.4 cm³/mol. The van der Waals surface area contributed by atoms with E-state index in [-0.39, 0.29) is 5.91 Å². The topological polar surface area (TPSA) is 29.5 Å². The molecule has 1 atom stereocenters. The van der Waals surface area contributed by atoms with Crippen LogP contribution in [0.3, 0.4) is 0 Å². The van der Waals surface area contributed by atoms with E-state index in [4.69, 9.17) is 27.9 Å². The molecule has 0 aromatic heterocycles. The maximum atomic E-state index is 12.4. The van der Waals surface area contributed by atoms with Crippen molar-refractivity contribution in [1.82, 2.24) is 0 Å². The molecule has 0 aliphatic heterocycles. The lowest BCUT2D eigenvalue weighted by molar-refractivity contribution is -0.124. The second kappa shape index (κ2) is 6.83. The Balaban J connectivity index is 2.09. The number of amides is 1. The van der Waals surface area contributed by atoms with Gasteiger partial charge in [-0.1, -0.05) is 41.4 Å².